The van der Waals surface area contributed by atoms with E-state index in [-0.39, 0.29) is 5.88 Å². The number of nitrogens with zero attached hydrogens (tertiary/aromatic N) is 1. The van der Waals surface area contributed by atoms with Crippen molar-refractivity contribution in [2.75, 3.05) is 11.2 Å². The van der Waals surface area contributed by atoms with Gasteiger partial charge in [0.15, 0.2) is 0 Å². The molecule has 9 heteroatoms. The number of amides is 1. The number of rotatable bonds is 4. The number of nitrogens with one attached hydrogen (secondary N) is 1. The minimum atomic E-state index is -4.82. The zero-order valence-corrected chi connectivity index (χ0v) is 11.0. The van der Waals surface area contributed by atoms with Crippen LogP contribution in [0, 0.1) is 16.0 Å². The molecule has 0 fully saturated rings. The molecule has 0 aromatic heterocycles. The van der Waals surface area contributed by atoms with Crippen LogP contribution in [0.5, 0.6) is 0 Å². The predicted molar refractivity (Wildman–Crippen MR) is 66.6 cm³/mol. The Kier molecular flexibility index (Phi) is 4.93. The fourth-order valence-electron chi connectivity index (χ4n) is 1.32. The summed E-state index contributed by atoms with van der Waals surface area (Å²) < 4.78 is 38.5. The van der Waals surface area contributed by atoms with E-state index < -0.39 is 39.9 Å². The van der Waals surface area contributed by atoms with E-state index in [1.165, 1.54) is 6.92 Å². The molecule has 110 valence electrons. The van der Waals surface area contributed by atoms with Crippen molar-refractivity contribution in [2.24, 2.45) is 5.92 Å². The lowest BCUT2D eigenvalue weighted by Gasteiger charge is -2.15. The van der Waals surface area contributed by atoms with Crippen molar-refractivity contribution in [1.82, 2.24) is 0 Å². The Morgan fingerprint density at radius 1 is 1.50 bits per heavy atom. The molecule has 1 aromatic rings. The van der Waals surface area contributed by atoms with Gasteiger partial charge in [0.25, 0.3) is 5.69 Å². The van der Waals surface area contributed by atoms with Gasteiger partial charge in [0.2, 0.25) is 5.91 Å². The van der Waals surface area contributed by atoms with Gasteiger partial charge in [-0.2, -0.15) is 13.2 Å². The van der Waals surface area contributed by atoms with E-state index in [9.17, 15) is 28.1 Å². The Balaban J connectivity index is 3.19. The number of nitro benzene ring substituents is 1. The molecule has 1 amide bonds. The molecule has 0 heterocycles. The molecule has 0 spiro atoms. The second kappa shape index (κ2) is 6.08. The van der Waals surface area contributed by atoms with E-state index in [4.69, 9.17) is 11.6 Å². The van der Waals surface area contributed by atoms with Crippen molar-refractivity contribution in [2.45, 2.75) is 13.1 Å². The van der Waals surface area contributed by atoms with E-state index in [1.54, 1.807) is 0 Å². The monoisotopic (exact) mass is 310 g/mol. The van der Waals surface area contributed by atoms with Crippen molar-refractivity contribution in [1.29, 1.82) is 0 Å². The number of halogens is 4. The van der Waals surface area contributed by atoms with Crippen LogP contribution in [-0.4, -0.2) is 16.7 Å². The molecular formula is C11H10ClF3N2O3. The molecular weight excluding hydrogens is 301 g/mol. The topological polar surface area (TPSA) is 72.2 Å². The lowest BCUT2D eigenvalue weighted by molar-refractivity contribution is -0.385. The highest BCUT2D eigenvalue weighted by atomic mass is 35.5. The van der Waals surface area contributed by atoms with Crippen molar-refractivity contribution in [3.05, 3.63) is 33.9 Å². The summed E-state index contributed by atoms with van der Waals surface area (Å²) in [5, 5.41) is 12.6. The molecule has 0 aliphatic carbocycles. The largest absolute Gasteiger partial charge is 0.418 e. The van der Waals surface area contributed by atoms with E-state index in [1.807, 2.05) is 0 Å². The second-order valence-electron chi connectivity index (χ2n) is 4.03. The minimum Gasteiger partial charge on any atom is -0.325 e. The Morgan fingerprint density at radius 3 is 2.55 bits per heavy atom. The molecule has 1 unspecified atom stereocenters. The summed E-state index contributed by atoms with van der Waals surface area (Å²) >= 11 is 5.44. The van der Waals surface area contributed by atoms with Crippen LogP contribution in [0.2, 0.25) is 0 Å². The van der Waals surface area contributed by atoms with E-state index in [0.717, 1.165) is 12.1 Å². The maximum absolute atomic E-state index is 12.8. The van der Waals surface area contributed by atoms with Crippen molar-refractivity contribution < 1.29 is 22.9 Å². The molecule has 1 rings (SSSR count). The van der Waals surface area contributed by atoms with Gasteiger partial charge in [0.05, 0.1) is 16.2 Å². The van der Waals surface area contributed by atoms with E-state index >= 15 is 0 Å². The SMILES string of the molecule is CC(CCl)C(=O)Nc1ccc([N+](=O)[O-])cc1C(F)(F)F. The standard InChI is InChI=1S/C11H10ClF3N2O3/c1-6(5-12)10(18)16-9-3-2-7(17(19)20)4-8(9)11(13,14)15/h2-4,6H,5H2,1H3,(H,16,18). The first-order valence-corrected chi connectivity index (χ1v) is 5.92. The molecule has 0 aliphatic rings. The maximum atomic E-state index is 12.8. The highest BCUT2D eigenvalue weighted by Gasteiger charge is 2.35. The van der Waals surface area contributed by atoms with Crippen molar-refractivity contribution >= 4 is 28.9 Å². The molecule has 1 N–H and O–H groups in total. The fraction of sp³-hybridized carbons (Fsp3) is 0.364. The van der Waals surface area contributed by atoms with Crippen LogP contribution < -0.4 is 5.32 Å². The first kappa shape index (κ1) is 16.2. The van der Waals surface area contributed by atoms with E-state index in [0.29, 0.717) is 6.07 Å². The molecule has 0 radical (unpaired) electrons. The number of carbonyl (C=O) groups is 1. The lowest BCUT2D eigenvalue weighted by atomic mass is 10.1. The summed E-state index contributed by atoms with van der Waals surface area (Å²) in [6.45, 7) is 1.45. The van der Waals surface area contributed by atoms with Crippen LogP contribution in [0.15, 0.2) is 18.2 Å². The van der Waals surface area contributed by atoms with E-state index in [2.05, 4.69) is 5.32 Å². The summed E-state index contributed by atoms with van der Waals surface area (Å²) in [5.74, 6) is -1.44. The van der Waals surface area contributed by atoms with Gasteiger partial charge in [-0.05, 0) is 6.07 Å². The molecule has 0 bridgehead atoms. The smallest absolute Gasteiger partial charge is 0.325 e. The average Bonchev–Trinajstić information content (AvgIpc) is 2.36. The summed E-state index contributed by atoms with van der Waals surface area (Å²) in [7, 11) is 0. The normalized spacial score (nSPS) is 12.8. The number of hydrogen-bond donors (Lipinski definition) is 1. The quantitative estimate of drug-likeness (QED) is 0.526. The third-order valence-corrected chi connectivity index (χ3v) is 2.92. The van der Waals surface area contributed by atoms with Gasteiger partial charge in [-0.15, -0.1) is 11.6 Å². The molecule has 1 aromatic carbocycles. The number of hydrogen-bond acceptors (Lipinski definition) is 3. The summed E-state index contributed by atoms with van der Waals surface area (Å²) in [6, 6.07) is 2.11. The third kappa shape index (κ3) is 3.83. The van der Waals surface area contributed by atoms with Gasteiger partial charge < -0.3 is 5.32 Å². The summed E-state index contributed by atoms with van der Waals surface area (Å²) in [6.07, 6.45) is -4.82. The van der Waals surface area contributed by atoms with Crippen LogP contribution >= 0.6 is 11.6 Å². The zero-order valence-electron chi connectivity index (χ0n) is 10.2. The van der Waals surface area contributed by atoms with Crippen LogP contribution in [0.25, 0.3) is 0 Å². The van der Waals surface area contributed by atoms with Gasteiger partial charge in [0.1, 0.15) is 0 Å². The lowest BCUT2D eigenvalue weighted by Crippen LogP contribution is -2.23. The predicted octanol–water partition coefficient (Wildman–Crippen LogP) is 3.43. The number of anilines is 1. The van der Waals surface area contributed by atoms with Gasteiger partial charge in [-0.3, -0.25) is 14.9 Å². The summed E-state index contributed by atoms with van der Waals surface area (Å²) in [5.41, 5.74) is -2.52. The Morgan fingerprint density at radius 2 is 2.10 bits per heavy atom. The Bertz CT molecular complexity index is 534. The van der Waals surface area contributed by atoms with Gasteiger partial charge in [0, 0.05) is 23.9 Å². The molecule has 5 nitrogen and oxygen atoms in total. The fourth-order valence-corrected chi connectivity index (χ4v) is 1.46. The molecule has 0 saturated carbocycles. The minimum absolute atomic E-state index is 0.0554. The number of nitro groups is 1. The van der Waals surface area contributed by atoms with Crippen LogP contribution in [0.1, 0.15) is 12.5 Å². The van der Waals surface area contributed by atoms with Gasteiger partial charge in [-0.1, -0.05) is 6.92 Å². The molecule has 20 heavy (non-hydrogen) atoms. The zero-order chi connectivity index (χ0) is 15.5. The number of non-ortho nitro benzene ring substituents is 1. The molecule has 1 atom stereocenters. The van der Waals surface area contributed by atoms with Gasteiger partial charge >= 0.3 is 6.18 Å². The third-order valence-electron chi connectivity index (χ3n) is 2.46. The van der Waals surface area contributed by atoms with Gasteiger partial charge in [-0.25, -0.2) is 0 Å². The highest BCUT2D eigenvalue weighted by molar-refractivity contribution is 6.19. The van der Waals surface area contributed by atoms with Crippen LogP contribution in [0.4, 0.5) is 24.5 Å². The van der Waals surface area contributed by atoms with Crippen LogP contribution in [-0.2, 0) is 11.0 Å². The maximum Gasteiger partial charge on any atom is 0.418 e. The van der Waals surface area contributed by atoms with Crippen LogP contribution in [0.3, 0.4) is 0 Å². The molecule has 0 aliphatic heterocycles. The van der Waals surface area contributed by atoms with Crippen molar-refractivity contribution in [3.63, 3.8) is 0 Å². The summed E-state index contributed by atoms with van der Waals surface area (Å²) in [4.78, 5) is 21.1. The Hall–Kier alpha value is -1.83. The Labute approximate surface area is 116 Å². The number of carbonyl (C=O) groups excluding carboxylic acids is 1. The van der Waals surface area contributed by atoms with Crippen molar-refractivity contribution in [3.8, 4) is 0 Å². The first-order chi connectivity index (χ1) is 9.16. The number of benzene rings is 1. The highest BCUT2D eigenvalue weighted by Crippen LogP contribution is 2.37. The second-order valence-corrected chi connectivity index (χ2v) is 4.34. The average molecular weight is 311 g/mol. The number of alkyl halides is 4. The molecule has 0 saturated heterocycles. The first-order valence-electron chi connectivity index (χ1n) is 5.39.